The van der Waals surface area contributed by atoms with Crippen molar-refractivity contribution in [2.75, 3.05) is 12.0 Å². The topological polar surface area (TPSA) is 67.2 Å². The van der Waals surface area contributed by atoms with E-state index in [0.29, 0.717) is 6.54 Å². The maximum atomic E-state index is 10.5. The van der Waals surface area contributed by atoms with Crippen LogP contribution >= 0.6 is 0 Å². The van der Waals surface area contributed by atoms with E-state index in [-0.39, 0.29) is 5.91 Å². The average Bonchev–Trinajstić information content (AvgIpc) is 2.25. The highest BCUT2D eigenvalue weighted by Crippen LogP contribution is 2.06. The average molecular weight is 203 g/mol. The van der Waals surface area contributed by atoms with Gasteiger partial charge in [0.1, 0.15) is 0 Å². The predicted molar refractivity (Wildman–Crippen MR) is 59.8 cm³/mol. The second-order valence-electron chi connectivity index (χ2n) is 2.93. The maximum absolute atomic E-state index is 10.5. The van der Waals surface area contributed by atoms with Gasteiger partial charge in [0.05, 0.1) is 6.54 Å². The first-order chi connectivity index (χ1) is 7.22. The van der Waals surface area contributed by atoms with Crippen LogP contribution in [0.15, 0.2) is 24.3 Å². The molecule has 1 amide bonds. The Labute approximate surface area is 88.8 Å². The minimum Gasteiger partial charge on any atom is -0.345 e. The normalized spacial score (nSPS) is 8.67. The predicted octanol–water partition coefficient (Wildman–Crippen LogP) is 0.460. The smallest absolute Gasteiger partial charge is 0.217 e. The van der Waals surface area contributed by atoms with Crippen LogP contribution < -0.4 is 16.6 Å². The molecule has 0 atom stereocenters. The van der Waals surface area contributed by atoms with Crippen molar-refractivity contribution in [2.24, 2.45) is 5.84 Å². The summed E-state index contributed by atoms with van der Waals surface area (Å²) in [6.45, 7) is 1.83. The second-order valence-corrected chi connectivity index (χ2v) is 2.93. The van der Waals surface area contributed by atoms with E-state index in [1.165, 1.54) is 6.92 Å². The minimum atomic E-state index is -0.0769. The fourth-order valence-electron chi connectivity index (χ4n) is 0.965. The zero-order chi connectivity index (χ0) is 11.1. The summed E-state index contributed by atoms with van der Waals surface area (Å²) in [5, 5.41) is 2.59. The lowest BCUT2D eigenvalue weighted by Crippen LogP contribution is -2.19. The van der Waals surface area contributed by atoms with Crippen molar-refractivity contribution in [3.05, 3.63) is 29.8 Å². The van der Waals surface area contributed by atoms with Crippen LogP contribution in [0.4, 0.5) is 5.69 Å². The molecule has 1 aromatic carbocycles. The molecule has 0 radical (unpaired) electrons. The summed E-state index contributed by atoms with van der Waals surface area (Å²) in [6.07, 6.45) is 0. The molecular formula is C11H13N3O. The molecule has 4 heteroatoms. The Morgan fingerprint density at radius 1 is 1.40 bits per heavy atom. The van der Waals surface area contributed by atoms with Crippen LogP contribution in [-0.4, -0.2) is 12.5 Å². The molecule has 0 aliphatic heterocycles. The molecule has 0 bridgehead atoms. The molecule has 0 aliphatic carbocycles. The van der Waals surface area contributed by atoms with Gasteiger partial charge in [-0.3, -0.25) is 10.6 Å². The van der Waals surface area contributed by atoms with E-state index < -0.39 is 0 Å². The summed E-state index contributed by atoms with van der Waals surface area (Å²) in [4.78, 5) is 10.5. The van der Waals surface area contributed by atoms with Gasteiger partial charge in [-0.1, -0.05) is 11.8 Å². The molecule has 15 heavy (non-hydrogen) atoms. The highest BCUT2D eigenvalue weighted by atomic mass is 16.1. The van der Waals surface area contributed by atoms with Gasteiger partial charge in [0.2, 0.25) is 5.91 Å². The van der Waals surface area contributed by atoms with Gasteiger partial charge >= 0.3 is 0 Å². The van der Waals surface area contributed by atoms with Gasteiger partial charge in [0, 0.05) is 18.2 Å². The van der Waals surface area contributed by atoms with Crippen molar-refractivity contribution in [2.45, 2.75) is 6.92 Å². The SMILES string of the molecule is CC(=O)NCC#Cc1ccc(NN)cc1. The summed E-state index contributed by atoms with van der Waals surface area (Å²) in [7, 11) is 0. The molecule has 4 nitrogen and oxygen atoms in total. The quantitative estimate of drug-likeness (QED) is 0.371. The van der Waals surface area contributed by atoms with Crippen molar-refractivity contribution in [1.82, 2.24) is 5.32 Å². The number of benzene rings is 1. The van der Waals surface area contributed by atoms with Crippen LogP contribution in [0, 0.1) is 11.8 Å². The maximum Gasteiger partial charge on any atom is 0.217 e. The van der Waals surface area contributed by atoms with E-state index in [4.69, 9.17) is 5.84 Å². The molecular weight excluding hydrogens is 190 g/mol. The van der Waals surface area contributed by atoms with E-state index in [9.17, 15) is 4.79 Å². The second kappa shape index (κ2) is 5.68. The van der Waals surface area contributed by atoms with Gasteiger partial charge < -0.3 is 10.7 Å². The van der Waals surface area contributed by atoms with Crippen LogP contribution in [0.5, 0.6) is 0 Å². The number of nitrogen functional groups attached to an aromatic ring is 1. The van der Waals surface area contributed by atoms with E-state index in [0.717, 1.165) is 11.3 Å². The zero-order valence-electron chi connectivity index (χ0n) is 8.50. The standard InChI is InChI=1S/C11H13N3O/c1-9(15)13-8-2-3-10-4-6-11(14-12)7-5-10/h4-7,14H,8,12H2,1H3,(H,13,15). The van der Waals surface area contributed by atoms with Crippen LogP contribution in [0.1, 0.15) is 12.5 Å². The van der Waals surface area contributed by atoms with Gasteiger partial charge in [0.15, 0.2) is 0 Å². The summed E-state index contributed by atoms with van der Waals surface area (Å²) >= 11 is 0. The summed E-state index contributed by atoms with van der Waals surface area (Å²) in [5.41, 5.74) is 4.26. The molecule has 0 saturated heterocycles. The summed E-state index contributed by atoms with van der Waals surface area (Å²) in [5.74, 6) is 10.9. The highest BCUT2D eigenvalue weighted by molar-refractivity contribution is 5.73. The van der Waals surface area contributed by atoms with Gasteiger partial charge in [0.25, 0.3) is 0 Å². The molecule has 0 fully saturated rings. The molecule has 4 N–H and O–H groups in total. The van der Waals surface area contributed by atoms with Crippen LogP contribution in [0.3, 0.4) is 0 Å². The van der Waals surface area contributed by atoms with Crippen molar-refractivity contribution >= 4 is 11.6 Å². The third-order valence-electron chi connectivity index (χ3n) is 1.71. The largest absolute Gasteiger partial charge is 0.345 e. The first-order valence-electron chi connectivity index (χ1n) is 4.52. The van der Waals surface area contributed by atoms with Crippen molar-refractivity contribution in [1.29, 1.82) is 0 Å². The minimum absolute atomic E-state index is 0.0769. The number of anilines is 1. The molecule has 0 spiro atoms. The van der Waals surface area contributed by atoms with Crippen LogP contribution in [-0.2, 0) is 4.79 Å². The van der Waals surface area contributed by atoms with Gasteiger partial charge in [-0.25, -0.2) is 0 Å². The Kier molecular flexibility index (Phi) is 4.20. The lowest BCUT2D eigenvalue weighted by Gasteiger charge is -1.97. The number of hydrogen-bond acceptors (Lipinski definition) is 3. The fourth-order valence-corrected chi connectivity index (χ4v) is 0.965. The van der Waals surface area contributed by atoms with E-state index >= 15 is 0 Å². The van der Waals surface area contributed by atoms with Gasteiger partial charge in [-0.15, -0.1) is 0 Å². The Morgan fingerprint density at radius 3 is 2.60 bits per heavy atom. The summed E-state index contributed by atoms with van der Waals surface area (Å²) in [6, 6.07) is 7.39. The molecule has 0 aliphatic rings. The monoisotopic (exact) mass is 203 g/mol. The zero-order valence-corrected chi connectivity index (χ0v) is 8.50. The Bertz CT molecular complexity index is 387. The number of nitrogens with two attached hydrogens (primary N) is 1. The first kappa shape index (κ1) is 11.1. The number of hydrazine groups is 1. The Hall–Kier alpha value is -1.99. The number of rotatable bonds is 2. The lowest BCUT2D eigenvalue weighted by molar-refractivity contribution is -0.118. The van der Waals surface area contributed by atoms with Crippen molar-refractivity contribution in [3.8, 4) is 11.8 Å². The van der Waals surface area contributed by atoms with Crippen molar-refractivity contribution in [3.63, 3.8) is 0 Å². The summed E-state index contributed by atoms with van der Waals surface area (Å²) < 4.78 is 0. The molecule has 0 saturated carbocycles. The molecule has 78 valence electrons. The van der Waals surface area contributed by atoms with E-state index in [2.05, 4.69) is 22.6 Å². The fraction of sp³-hybridized carbons (Fsp3) is 0.182. The van der Waals surface area contributed by atoms with Gasteiger partial charge in [-0.2, -0.15) is 0 Å². The Morgan fingerprint density at radius 2 is 2.07 bits per heavy atom. The highest BCUT2D eigenvalue weighted by Gasteiger charge is 1.88. The molecule has 0 aromatic heterocycles. The number of carbonyl (C=O) groups excluding carboxylic acids is 1. The van der Waals surface area contributed by atoms with Gasteiger partial charge in [-0.05, 0) is 24.3 Å². The number of carbonyl (C=O) groups is 1. The van der Waals surface area contributed by atoms with Crippen LogP contribution in [0.25, 0.3) is 0 Å². The first-order valence-corrected chi connectivity index (χ1v) is 4.52. The molecule has 1 aromatic rings. The van der Waals surface area contributed by atoms with Crippen LogP contribution in [0.2, 0.25) is 0 Å². The number of hydrogen-bond donors (Lipinski definition) is 3. The van der Waals surface area contributed by atoms with E-state index in [1.807, 2.05) is 24.3 Å². The Balaban J connectivity index is 2.52. The van der Waals surface area contributed by atoms with Crippen molar-refractivity contribution < 1.29 is 4.79 Å². The third-order valence-corrected chi connectivity index (χ3v) is 1.71. The number of nitrogens with one attached hydrogen (secondary N) is 2. The molecule has 1 rings (SSSR count). The third kappa shape index (κ3) is 4.16. The lowest BCUT2D eigenvalue weighted by atomic mass is 10.2. The number of amides is 1. The molecule has 0 heterocycles. The van der Waals surface area contributed by atoms with E-state index in [1.54, 1.807) is 0 Å². The molecule has 0 unspecified atom stereocenters.